The van der Waals surface area contributed by atoms with Crippen molar-refractivity contribution in [1.29, 1.82) is 5.41 Å². The zero-order valence-electron chi connectivity index (χ0n) is 16.9. The molecule has 2 aromatic heterocycles. The van der Waals surface area contributed by atoms with E-state index in [0.717, 1.165) is 26.9 Å². The predicted molar refractivity (Wildman–Crippen MR) is 131 cm³/mol. The normalized spacial score (nSPS) is 11.5. The summed E-state index contributed by atoms with van der Waals surface area (Å²) in [6.07, 6.45) is 1.94. The molecule has 0 aliphatic carbocycles. The van der Waals surface area contributed by atoms with Crippen LogP contribution in [-0.4, -0.2) is 25.5 Å². The Bertz CT molecular complexity index is 1460. The lowest BCUT2D eigenvalue weighted by Gasteiger charge is -2.10. The maximum Gasteiger partial charge on any atom is 0.264 e. The summed E-state index contributed by atoms with van der Waals surface area (Å²) in [6, 6.07) is 10.7. The van der Waals surface area contributed by atoms with Gasteiger partial charge in [-0.05, 0) is 36.6 Å². The van der Waals surface area contributed by atoms with Crippen LogP contribution in [0.2, 0.25) is 0 Å². The van der Waals surface area contributed by atoms with Crippen molar-refractivity contribution in [2.24, 2.45) is 5.73 Å². The highest BCUT2D eigenvalue weighted by Crippen LogP contribution is 2.40. The van der Waals surface area contributed by atoms with Crippen LogP contribution in [0.5, 0.6) is 0 Å². The Morgan fingerprint density at radius 1 is 1.18 bits per heavy atom. The van der Waals surface area contributed by atoms with Crippen LogP contribution in [0, 0.1) is 17.0 Å². The number of amidine groups is 1. The van der Waals surface area contributed by atoms with Crippen LogP contribution in [0.1, 0.15) is 4.88 Å². The molecule has 2 aromatic carbocycles. The molecular weight excluding hydrogens is 507 g/mol. The first-order chi connectivity index (χ1) is 15.7. The quantitative estimate of drug-likeness (QED) is 0.166. The van der Waals surface area contributed by atoms with Crippen molar-refractivity contribution < 1.29 is 17.2 Å². The number of benzene rings is 2. The number of rotatable bonds is 7. The van der Waals surface area contributed by atoms with Crippen LogP contribution in [0.3, 0.4) is 0 Å². The molecule has 170 valence electrons. The molecule has 4 rings (SSSR count). The predicted octanol–water partition coefficient (Wildman–Crippen LogP) is 5.62. The van der Waals surface area contributed by atoms with Crippen molar-refractivity contribution in [3.8, 4) is 21.8 Å². The van der Waals surface area contributed by atoms with Crippen LogP contribution in [-0.2, 0) is 10.0 Å². The van der Waals surface area contributed by atoms with Gasteiger partial charge in [0.05, 0.1) is 14.8 Å². The van der Waals surface area contributed by atoms with Crippen LogP contribution in [0.15, 0.2) is 63.0 Å². The fraction of sp³-hybridized carbons (Fsp3) is 0.0476. The standard InChI is InChI=1S/C21H16F2N4O2S4/c1-30-21-14(9-17(32-21)19(24)25)20-26-16(10-31-20)11-3-2-4-13(7-11)27-33(28,29)18-6-5-12(22)8-15(18)23/h2-10,27H,1H3,(H3,24,25). The first kappa shape index (κ1) is 23.4. The summed E-state index contributed by atoms with van der Waals surface area (Å²) >= 11 is 4.39. The number of thiophene rings is 1. The molecule has 0 fully saturated rings. The second kappa shape index (κ2) is 9.21. The van der Waals surface area contributed by atoms with Crippen molar-refractivity contribution in [3.05, 3.63) is 70.4 Å². The number of nitrogens with one attached hydrogen (secondary N) is 2. The lowest BCUT2D eigenvalue weighted by molar-refractivity contribution is 0.551. The monoisotopic (exact) mass is 522 g/mol. The van der Waals surface area contributed by atoms with E-state index in [9.17, 15) is 17.2 Å². The summed E-state index contributed by atoms with van der Waals surface area (Å²) in [5, 5.41) is 10.3. The molecule has 0 spiro atoms. The smallest absolute Gasteiger partial charge is 0.264 e. The van der Waals surface area contributed by atoms with Gasteiger partial charge >= 0.3 is 0 Å². The van der Waals surface area contributed by atoms with E-state index in [0.29, 0.717) is 22.2 Å². The molecule has 2 heterocycles. The number of thiazole rings is 1. The van der Waals surface area contributed by atoms with Crippen molar-refractivity contribution in [1.82, 2.24) is 4.98 Å². The Labute approximate surface area is 201 Å². The van der Waals surface area contributed by atoms with E-state index in [-0.39, 0.29) is 11.5 Å². The molecule has 0 aliphatic heterocycles. The molecule has 0 aliphatic rings. The molecule has 0 atom stereocenters. The van der Waals surface area contributed by atoms with E-state index in [1.165, 1.54) is 28.7 Å². The molecule has 0 radical (unpaired) electrons. The summed E-state index contributed by atoms with van der Waals surface area (Å²) in [5.41, 5.74) is 8.01. The van der Waals surface area contributed by atoms with E-state index in [4.69, 9.17) is 11.1 Å². The van der Waals surface area contributed by atoms with Crippen LogP contribution < -0.4 is 10.5 Å². The molecule has 0 unspecified atom stereocenters. The van der Waals surface area contributed by atoms with Gasteiger partial charge in [-0.15, -0.1) is 34.4 Å². The van der Waals surface area contributed by atoms with Crippen molar-refractivity contribution >= 4 is 56.0 Å². The van der Waals surface area contributed by atoms with E-state index in [1.807, 2.05) is 17.7 Å². The molecule has 0 saturated heterocycles. The Hall–Kier alpha value is -2.80. The number of hydrogen-bond acceptors (Lipinski definition) is 7. The van der Waals surface area contributed by atoms with Gasteiger partial charge in [-0.25, -0.2) is 22.2 Å². The highest BCUT2D eigenvalue weighted by molar-refractivity contribution is 8.00. The molecule has 33 heavy (non-hydrogen) atoms. The summed E-state index contributed by atoms with van der Waals surface area (Å²) in [5.74, 6) is -2.04. The largest absolute Gasteiger partial charge is 0.383 e. The van der Waals surface area contributed by atoms with Crippen LogP contribution in [0.4, 0.5) is 14.5 Å². The van der Waals surface area contributed by atoms with Gasteiger partial charge in [0.2, 0.25) is 0 Å². The number of thioether (sulfide) groups is 1. The minimum atomic E-state index is -4.25. The topological polar surface area (TPSA) is 109 Å². The van der Waals surface area contributed by atoms with Gasteiger partial charge in [0.1, 0.15) is 27.4 Å². The maximum absolute atomic E-state index is 14.0. The van der Waals surface area contributed by atoms with E-state index in [2.05, 4.69) is 9.71 Å². The number of nitrogens with zero attached hydrogens (tertiary/aromatic N) is 1. The molecule has 12 heteroatoms. The molecule has 4 aromatic rings. The molecule has 0 bridgehead atoms. The van der Waals surface area contributed by atoms with Gasteiger partial charge in [0.15, 0.2) is 0 Å². The first-order valence-electron chi connectivity index (χ1n) is 9.24. The third kappa shape index (κ3) is 4.93. The Balaban J connectivity index is 1.63. The van der Waals surface area contributed by atoms with Crippen molar-refractivity contribution in [2.75, 3.05) is 11.0 Å². The minimum absolute atomic E-state index is 0.00379. The average Bonchev–Trinajstić information content (AvgIpc) is 3.40. The molecule has 0 amide bonds. The SMILES string of the molecule is CSc1sc(C(=N)N)cc1-c1nc(-c2cccc(NS(=O)(=O)c3ccc(F)cc3F)c2)cs1. The highest BCUT2D eigenvalue weighted by atomic mass is 32.2. The van der Waals surface area contributed by atoms with E-state index >= 15 is 0 Å². The Morgan fingerprint density at radius 3 is 2.67 bits per heavy atom. The molecule has 4 N–H and O–H groups in total. The van der Waals surface area contributed by atoms with Gasteiger partial charge in [-0.2, -0.15) is 0 Å². The third-order valence-corrected chi connectivity index (χ3v) is 9.07. The number of sulfonamides is 1. The average molecular weight is 523 g/mol. The summed E-state index contributed by atoms with van der Waals surface area (Å²) < 4.78 is 55.6. The lowest BCUT2D eigenvalue weighted by Crippen LogP contribution is -2.14. The summed E-state index contributed by atoms with van der Waals surface area (Å²) in [6.45, 7) is 0. The zero-order chi connectivity index (χ0) is 23.8. The van der Waals surface area contributed by atoms with Gasteiger partial charge < -0.3 is 5.73 Å². The molecular formula is C21H16F2N4O2S4. The third-order valence-electron chi connectivity index (χ3n) is 4.48. The maximum atomic E-state index is 14.0. The number of halogens is 2. The van der Waals surface area contributed by atoms with Gasteiger partial charge in [-0.3, -0.25) is 10.1 Å². The number of nitrogens with two attached hydrogens (primary N) is 1. The second-order valence-corrected chi connectivity index (χ2v) is 11.4. The second-order valence-electron chi connectivity index (χ2n) is 6.73. The Morgan fingerprint density at radius 2 is 1.97 bits per heavy atom. The van der Waals surface area contributed by atoms with Gasteiger partial charge in [-0.1, -0.05) is 12.1 Å². The number of anilines is 1. The summed E-state index contributed by atoms with van der Waals surface area (Å²) in [4.78, 5) is 4.69. The van der Waals surface area contributed by atoms with Crippen molar-refractivity contribution in [3.63, 3.8) is 0 Å². The van der Waals surface area contributed by atoms with E-state index in [1.54, 1.807) is 30.0 Å². The number of hydrogen-bond donors (Lipinski definition) is 3. The highest BCUT2D eigenvalue weighted by Gasteiger charge is 2.20. The van der Waals surface area contributed by atoms with Gasteiger partial charge in [0, 0.05) is 28.3 Å². The fourth-order valence-corrected chi connectivity index (χ4v) is 6.80. The van der Waals surface area contributed by atoms with E-state index < -0.39 is 26.6 Å². The lowest BCUT2D eigenvalue weighted by atomic mass is 10.1. The van der Waals surface area contributed by atoms with Crippen LogP contribution in [0.25, 0.3) is 21.8 Å². The van der Waals surface area contributed by atoms with Gasteiger partial charge in [0.25, 0.3) is 10.0 Å². The number of nitrogen functional groups attached to an aromatic ring is 1. The minimum Gasteiger partial charge on any atom is -0.383 e. The molecule has 0 saturated carbocycles. The summed E-state index contributed by atoms with van der Waals surface area (Å²) in [7, 11) is -4.25. The Kier molecular flexibility index (Phi) is 6.52. The zero-order valence-corrected chi connectivity index (χ0v) is 20.2. The fourth-order valence-electron chi connectivity index (χ4n) is 2.98. The van der Waals surface area contributed by atoms with Crippen LogP contribution >= 0.6 is 34.4 Å². The number of aromatic nitrogens is 1. The molecule has 6 nitrogen and oxygen atoms in total. The van der Waals surface area contributed by atoms with Crippen molar-refractivity contribution in [2.45, 2.75) is 9.10 Å². The first-order valence-corrected chi connectivity index (χ1v) is 13.6.